The predicted octanol–water partition coefficient (Wildman–Crippen LogP) is 4.99. The molecular formula is C19H19BrN2. The van der Waals surface area contributed by atoms with Crippen LogP contribution in [0.4, 0.5) is 0 Å². The van der Waals surface area contributed by atoms with Gasteiger partial charge in [-0.1, -0.05) is 46.3 Å². The molecule has 3 heteroatoms. The molecule has 0 bridgehead atoms. The normalized spacial score (nSPS) is 11.8. The van der Waals surface area contributed by atoms with E-state index in [0.29, 0.717) is 0 Å². The number of pyridine rings is 1. The third kappa shape index (κ3) is 2.92. The minimum atomic E-state index is -0.383. The molecule has 0 unspecified atom stereocenters. The molecule has 0 fully saturated rings. The van der Waals surface area contributed by atoms with Crippen LogP contribution in [0.5, 0.6) is 0 Å². The Morgan fingerprint density at radius 2 is 1.91 bits per heavy atom. The smallest absolute Gasteiger partial charge is 0.0780 e. The van der Waals surface area contributed by atoms with Crippen molar-refractivity contribution in [2.45, 2.75) is 24.7 Å². The van der Waals surface area contributed by atoms with E-state index < -0.39 is 0 Å². The fraction of sp³-hybridized carbons (Fsp3) is 0.211. The number of benzene rings is 2. The first-order valence-electron chi connectivity index (χ1n) is 7.32. The first kappa shape index (κ1) is 15.2. The van der Waals surface area contributed by atoms with Gasteiger partial charge < -0.3 is 5.73 Å². The summed E-state index contributed by atoms with van der Waals surface area (Å²) in [5, 5.41) is 1.96. The van der Waals surface area contributed by atoms with E-state index in [1.54, 1.807) is 0 Å². The maximum atomic E-state index is 6.32. The van der Waals surface area contributed by atoms with Crippen molar-refractivity contribution in [2.75, 3.05) is 0 Å². The number of hydrogen-bond donors (Lipinski definition) is 1. The third-order valence-corrected chi connectivity index (χ3v) is 4.49. The first-order valence-corrected chi connectivity index (χ1v) is 8.44. The van der Waals surface area contributed by atoms with E-state index in [9.17, 15) is 0 Å². The van der Waals surface area contributed by atoms with E-state index in [2.05, 4.69) is 63.4 Å². The highest BCUT2D eigenvalue weighted by Crippen LogP contribution is 2.32. The van der Waals surface area contributed by atoms with Crippen LogP contribution in [0.25, 0.3) is 22.0 Å². The van der Waals surface area contributed by atoms with E-state index in [0.717, 1.165) is 27.4 Å². The summed E-state index contributed by atoms with van der Waals surface area (Å²) in [7, 11) is 0. The van der Waals surface area contributed by atoms with Gasteiger partial charge in [0.15, 0.2) is 0 Å². The molecule has 112 valence electrons. The Kier molecular flexibility index (Phi) is 4.02. The average Bonchev–Trinajstić information content (AvgIpc) is 2.53. The lowest BCUT2D eigenvalue weighted by molar-refractivity contribution is 0.555. The molecule has 3 rings (SSSR count). The van der Waals surface area contributed by atoms with Gasteiger partial charge in [-0.15, -0.1) is 0 Å². The highest BCUT2D eigenvalue weighted by atomic mass is 79.9. The predicted molar refractivity (Wildman–Crippen MR) is 97.0 cm³/mol. The molecule has 1 heterocycles. The molecule has 0 amide bonds. The van der Waals surface area contributed by atoms with E-state index in [1.807, 2.05) is 26.1 Å². The van der Waals surface area contributed by atoms with E-state index >= 15 is 0 Å². The van der Waals surface area contributed by atoms with E-state index in [-0.39, 0.29) is 5.54 Å². The second-order valence-electron chi connectivity index (χ2n) is 6.15. The average molecular weight is 355 g/mol. The van der Waals surface area contributed by atoms with Gasteiger partial charge in [-0.05, 0) is 48.7 Å². The Balaban J connectivity index is 2.31. The summed E-state index contributed by atoms with van der Waals surface area (Å²) >= 11 is 3.52. The number of aromatic nitrogens is 1. The zero-order chi connectivity index (χ0) is 15.7. The maximum Gasteiger partial charge on any atom is 0.0780 e. The van der Waals surface area contributed by atoms with Crippen LogP contribution in [0.3, 0.4) is 0 Å². The molecule has 0 aliphatic rings. The van der Waals surface area contributed by atoms with Gasteiger partial charge in [0.25, 0.3) is 0 Å². The molecule has 1 aromatic heterocycles. The Morgan fingerprint density at radius 1 is 1.09 bits per heavy atom. The van der Waals surface area contributed by atoms with Crippen molar-refractivity contribution < 1.29 is 0 Å². The molecule has 3 aromatic rings. The van der Waals surface area contributed by atoms with Crippen molar-refractivity contribution in [3.8, 4) is 11.1 Å². The number of rotatable bonds is 3. The number of halogens is 1. The number of alkyl halides is 1. The molecule has 0 aliphatic heterocycles. The van der Waals surface area contributed by atoms with E-state index in [1.165, 1.54) is 11.1 Å². The second kappa shape index (κ2) is 5.82. The fourth-order valence-corrected chi connectivity index (χ4v) is 2.96. The van der Waals surface area contributed by atoms with Gasteiger partial charge in [0.05, 0.1) is 5.52 Å². The SMILES string of the molecule is CC(C)(N)c1cc(-c2cccc(CBr)c2)c2ncccc2c1. The maximum absolute atomic E-state index is 6.32. The lowest BCUT2D eigenvalue weighted by atomic mass is 9.90. The highest BCUT2D eigenvalue weighted by molar-refractivity contribution is 9.08. The van der Waals surface area contributed by atoms with Crippen LogP contribution in [0, 0.1) is 0 Å². The molecule has 0 saturated carbocycles. The fourth-order valence-electron chi connectivity index (χ4n) is 2.61. The zero-order valence-corrected chi connectivity index (χ0v) is 14.4. The van der Waals surface area contributed by atoms with Gasteiger partial charge >= 0.3 is 0 Å². The van der Waals surface area contributed by atoms with Crippen LogP contribution < -0.4 is 5.73 Å². The number of hydrogen-bond acceptors (Lipinski definition) is 2. The molecule has 0 saturated heterocycles. The Morgan fingerprint density at radius 3 is 2.64 bits per heavy atom. The summed E-state index contributed by atoms with van der Waals surface area (Å²) in [5.41, 5.74) is 11.6. The standard InChI is InChI=1S/C19H19BrN2/c1-19(2,21)16-10-15-7-4-8-22-18(15)17(11-16)14-6-3-5-13(9-14)12-20/h3-11H,12,21H2,1-2H3. The largest absolute Gasteiger partial charge is 0.322 e. The van der Waals surface area contributed by atoms with Crippen LogP contribution in [-0.2, 0) is 10.9 Å². The summed E-state index contributed by atoms with van der Waals surface area (Å²) in [6, 6.07) is 16.9. The van der Waals surface area contributed by atoms with Crippen molar-refractivity contribution >= 4 is 26.8 Å². The minimum Gasteiger partial charge on any atom is -0.322 e. The van der Waals surface area contributed by atoms with Gasteiger partial charge in [-0.2, -0.15) is 0 Å². The zero-order valence-electron chi connectivity index (χ0n) is 12.8. The summed E-state index contributed by atoms with van der Waals surface area (Å²) in [6.45, 7) is 4.06. The lowest BCUT2D eigenvalue weighted by Gasteiger charge is -2.21. The molecule has 0 aliphatic carbocycles. The molecule has 2 aromatic carbocycles. The molecule has 2 N–H and O–H groups in total. The van der Waals surface area contributed by atoms with Gasteiger partial charge in [0.2, 0.25) is 0 Å². The Hall–Kier alpha value is -1.71. The van der Waals surface area contributed by atoms with Crippen LogP contribution in [-0.4, -0.2) is 4.98 Å². The molecule has 0 radical (unpaired) electrons. The lowest BCUT2D eigenvalue weighted by Crippen LogP contribution is -2.28. The van der Waals surface area contributed by atoms with Gasteiger partial charge in [-0.25, -0.2) is 0 Å². The van der Waals surface area contributed by atoms with Crippen molar-refractivity contribution in [1.29, 1.82) is 0 Å². The van der Waals surface area contributed by atoms with Gasteiger partial charge in [-0.3, -0.25) is 4.98 Å². The van der Waals surface area contributed by atoms with Crippen molar-refractivity contribution in [2.24, 2.45) is 5.73 Å². The summed E-state index contributed by atoms with van der Waals surface area (Å²) in [6.07, 6.45) is 1.84. The highest BCUT2D eigenvalue weighted by Gasteiger charge is 2.17. The van der Waals surface area contributed by atoms with Crippen LogP contribution in [0.15, 0.2) is 54.7 Å². The molecule has 2 nitrogen and oxygen atoms in total. The number of fused-ring (bicyclic) bond motifs is 1. The Labute approximate surface area is 139 Å². The van der Waals surface area contributed by atoms with Crippen LogP contribution >= 0.6 is 15.9 Å². The third-order valence-electron chi connectivity index (χ3n) is 3.84. The summed E-state index contributed by atoms with van der Waals surface area (Å²) < 4.78 is 0. The monoisotopic (exact) mass is 354 g/mol. The molecule has 0 spiro atoms. The topological polar surface area (TPSA) is 38.9 Å². The molecule has 0 atom stereocenters. The molecule has 22 heavy (non-hydrogen) atoms. The summed E-state index contributed by atoms with van der Waals surface area (Å²) in [5.74, 6) is 0. The van der Waals surface area contributed by atoms with Gasteiger partial charge in [0.1, 0.15) is 0 Å². The van der Waals surface area contributed by atoms with Crippen molar-refractivity contribution in [3.63, 3.8) is 0 Å². The number of nitrogens with two attached hydrogens (primary N) is 1. The second-order valence-corrected chi connectivity index (χ2v) is 6.72. The van der Waals surface area contributed by atoms with Crippen molar-refractivity contribution in [3.05, 3.63) is 65.9 Å². The van der Waals surface area contributed by atoms with Crippen LogP contribution in [0.2, 0.25) is 0 Å². The van der Waals surface area contributed by atoms with Crippen molar-refractivity contribution in [1.82, 2.24) is 4.98 Å². The molecular weight excluding hydrogens is 336 g/mol. The van der Waals surface area contributed by atoms with E-state index in [4.69, 9.17) is 5.73 Å². The summed E-state index contributed by atoms with van der Waals surface area (Å²) in [4.78, 5) is 4.58. The van der Waals surface area contributed by atoms with Gasteiger partial charge in [0, 0.05) is 28.0 Å². The number of nitrogens with zero attached hydrogens (tertiary/aromatic N) is 1. The first-order chi connectivity index (χ1) is 10.5. The van der Waals surface area contributed by atoms with Crippen LogP contribution in [0.1, 0.15) is 25.0 Å². The Bertz CT molecular complexity index is 819. The minimum absolute atomic E-state index is 0.383. The quantitative estimate of drug-likeness (QED) is 0.672.